The van der Waals surface area contributed by atoms with Crippen LogP contribution in [0.2, 0.25) is 0 Å². The van der Waals surface area contributed by atoms with Gasteiger partial charge in [-0.3, -0.25) is 9.69 Å². The normalized spacial score (nSPS) is 19.3. The Labute approximate surface area is 135 Å². The van der Waals surface area contributed by atoms with E-state index in [-0.39, 0.29) is 11.9 Å². The number of hydrogen-bond donors (Lipinski definition) is 4. The van der Waals surface area contributed by atoms with Gasteiger partial charge in [-0.15, -0.1) is 0 Å². The zero-order valence-corrected chi connectivity index (χ0v) is 13.4. The number of aromatic amines is 1. The van der Waals surface area contributed by atoms with Crippen LogP contribution in [0.4, 0.5) is 11.4 Å². The lowest BCUT2D eigenvalue weighted by Crippen LogP contribution is -2.32. The molecule has 0 saturated carbocycles. The van der Waals surface area contributed by atoms with Gasteiger partial charge in [0.25, 0.3) is 0 Å². The van der Waals surface area contributed by atoms with E-state index < -0.39 is 0 Å². The molecule has 1 atom stereocenters. The van der Waals surface area contributed by atoms with Crippen LogP contribution in [0.15, 0.2) is 24.4 Å². The summed E-state index contributed by atoms with van der Waals surface area (Å²) in [4.78, 5) is 21.9. The largest absolute Gasteiger partial charge is 0.388 e. The van der Waals surface area contributed by atoms with E-state index in [1.54, 1.807) is 6.20 Å². The minimum Gasteiger partial charge on any atom is -0.388 e. The molecule has 2 heterocycles. The van der Waals surface area contributed by atoms with Crippen LogP contribution in [0.25, 0.3) is 11.3 Å². The highest BCUT2D eigenvalue weighted by Gasteiger charge is 2.18. The third-order valence-electron chi connectivity index (χ3n) is 4.05. The maximum absolute atomic E-state index is 12.3. The van der Waals surface area contributed by atoms with Crippen LogP contribution in [0.3, 0.4) is 0 Å². The molecule has 1 aliphatic rings. The van der Waals surface area contributed by atoms with Gasteiger partial charge >= 0.3 is 0 Å². The number of nitrogens with zero attached hydrogens (tertiary/aromatic N) is 2. The number of imidazole rings is 1. The Morgan fingerprint density at radius 1 is 1.43 bits per heavy atom. The van der Waals surface area contributed by atoms with Gasteiger partial charge in [-0.2, -0.15) is 0 Å². The van der Waals surface area contributed by atoms with Crippen molar-refractivity contribution >= 4 is 17.3 Å². The fourth-order valence-electron chi connectivity index (χ4n) is 2.71. The number of H-pyrrole nitrogens is 1. The first-order valence-corrected chi connectivity index (χ1v) is 7.68. The van der Waals surface area contributed by atoms with E-state index in [0.29, 0.717) is 6.54 Å². The lowest BCUT2D eigenvalue weighted by molar-refractivity contribution is -0.117. The summed E-state index contributed by atoms with van der Waals surface area (Å²) in [7, 11) is 3.76. The number of aromatic nitrogens is 2. The summed E-state index contributed by atoms with van der Waals surface area (Å²) < 4.78 is 0. The van der Waals surface area contributed by atoms with E-state index in [1.165, 1.54) is 0 Å². The zero-order valence-electron chi connectivity index (χ0n) is 13.4. The lowest BCUT2D eigenvalue weighted by atomic mass is 10.1. The van der Waals surface area contributed by atoms with Crippen LogP contribution in [0.5, 0.6) is 0 Å². The number of amides is 1. The van der Waals surface area contributed by atoms with Crippen molar-refractivity contribution in [1.29, 1.82) is 0 Å². The third-order valence-corrected chi connectivity index (χ3v) is 4.05. The molecule has 1 amide bonds. The highest BCUT2D eigenvalue weighted by molar-refractivity contribution is 5.97. The van der Waals surface area contributed by atoms with E-state index in [9.17, 15) is 4.79 Å². The number of carbonyl (C=O) groups excluding carboxylic acids is 1. The molecule has 2 bridgehead atoms. The Bertz CT molecular complexity index is 710. The average Bonchev–Trinajstić information content (AvgIpc) is 3.01. The first-order chi connectivity index (χ1) is 11.1. The predicted molar refractivity (Wildman–Crippen MR) is 91.2 cm³/mol. The van der Waals surface area contributed by atoms with E-state index >= 15 is 0 Å². The number of nitrogens with one attached hydrogen (secondary N) is 3. The molecule has 23 heavy (non-hydrogen) atoms. The van der Waals surface area contributed by atoms with Gasteiger partial charge in [0, 0.05) is 24.8 Å². The van der Waals surface area contributed by atoms with E-state index in [2.05, 4.69) is 20.6 Å². The summed E-state index contributed by atoms with van der Waals surface area (Å²) in [5.41, 5.74) is 9.62. The van der Waals surface area contributed by atoms with Crippen LogP contribution in [0.1, 0.15) is 18.3 Å². The Morgan fingerprint density at radius 3 is 3.04 bits per heavy atom. The Morgan fingerprint density at radius 2 is 2.26 bits per heavy atom. The molecule has 0 radical (unpaired) electrons. The summed E-state index contributed by atoms with van der Waals surface area (Å²) in [5, 5.41) is 6.08. The molecule has 5 N–H and O–H groups in total. The number of anilines is 2. The highest BCUT2D eigenvalue weighted by atomic mass is 16.2. The number of fused-ring (bicyclic) bond motifs is 4. The lowest BCUT2D eigenvalue weighted by Gasteiger charge is -2.20. The molecule has 0 spiro atoms. The first kappa shape index (κ1) is 15.5. The number of hydrogen-bond acceptors (Lipinski definition) is 5. The van der Waals surface area contributed by atoms with Crippen LogP contribution in [0, 0.1) is 0 Å². The minimum absolute atomic E-state index is 0.0455. The summed E-state index contributed by atoms with van der Waals surface area (Å²) >= 11 is 0. The van der Waals surface area contributed by atoms with Crippen molar-refractivity contribution in [1.82, 2.24) is 14.9 Å². The predicted octanol–water partition coefficient (Wildman–Crippen LogP) is 1.39. The van der Waals surface area contributed by atoms with Gasteiger partial charge < -0.3 is 21.4 Å². The second-order valence-electron chi connectivity index (χ2n) is 5.87. The van der Waals surface area contributed by atoms with Gasteiger partial charge in [0.1, 0.15) is 5.82 Å². The van der Waals surface area contributed by atoms with Gasteiger partial charge in [0.05, 0.1) is 30.2 Å². The monoisotopic (exact) mass is 314 g/mol. The summed E-state index contributed by atoms with van der Waals surface area (Å²) in [6.07, 6.45) is 2.50. The zero-order chi connectivity index (χ0) is 16.4. The molecule has 0 fully saturated rings. The molecule has 122 valence electrons. The smallest absolute Gasteiger partial charge is 0.238 e. The second-order valence-corrected chi connectivity index (χ2v) is 5.87. The Kier molecular flexibility index (Phi) is 4.31. The second kappa shape index (κ2) is 6.39. The third kappa shape index (κ3) is 3.35. The van der Waals surface area contributed by atoms with E-state index in [1.807, 2.05) is 37.2 Å². The number of rotatable bonds is 1. The molecule has 7 nitrogen and oxygen atoms in total. The fourth-order valence-corrected chi connectivity index (χ4v) is 2.71. The molecule has 1 aliphatic heterocycles. The van der Waals surface area contributed by atoms with Crippen molar-refractivity contribution in [3.63, 3.8) is 0 Å². The van der Waals surface area contributed by atoms with Crippen LogP contribution in [-0.4, -0.2) is 48.0 Å². The SMILES string of the molecule is CNc1ccc2c(c1)NC(=O)CN(C)CCC(N)c1ncc-2[nH]1. The van der Waals surface area contributed by atoms with Gasteiger partial charge in [-0.05, 0) is 31.7 Å². The van der Waals surface area contributed by atoms with E-state index in [4.69, 9.17) is 5.73 Å². The number of benzene rings is 1. The molecule has 7 heteroatoms. The molecule has 1 aromatic heterocycles. The van der Waals surface area contributed by atoms with Gasteiger partial charge in [0.2, 0.25) is 5.91 Å². The van der Waals surface area contributed by atoms with Crippen molar-refractivity contribution in [3.8, 4) is 11.3 Å². The number of carbonyl (C=O) groups is 1. The molecular weight excluding hydrogens is 292 g/mol. The fraction of sp³-hybridized carbons (Fsp3) is 0.375. The molecule has 2 aromatic rings. The van der Waals surface area contributed by atoms with Crippen molar-refractivity contribution in [2.45, 2.75) is 12.5 Å². The minimum atomic E-state index is -0.172. The van der Waals surface area contributed by atoms with Gasteiger partial charge in [-0.1, -0.05) is 0 Å². The van der Waals surface area contributed by atoms with Crippen LogP contribution >= 0.6 is 0 Å². The van der Waals surface area contributed by atoms with Gasteiger partial charge in [-0.25, -0.2) is 4.98 Å². The molecule has 1 aromatic carbocycles. The topological polar surface area (TPSA) is 99.1 Å². The standard InChI is InChI=1S/C16H22N6O/c1-18-10-3-4-11-13(7-10)20-15(23)9-22(2)6-5-12(17)16-19-8-14(11)21-16/h3-4,7-8,12,18H,5-6,9,17H2,1-2H3,(H,19,21)(H,20,23). The van der Waals surface area contributed by atoms with Crippen LogP contribution < -0.4 is 16.4 Å². The Hall–Kier alpha value is -2.38. The van der Waals surface area contributed by atoms with Crippen molar-refractivity contribution in [3.05, 3.63) is 30.2 Å². The van der Waals surface area contributed by atoms with Crippen LogP contribution in [-0.2, 0) is 4.79 Å². The van der Waals surface area contributed by atoms with Crippen molar-refractivity contribution < 1.29 is 4.79 Å². The van der Waals surface area contributed by atoms with E-state index in [0.717, 1.165) is 41.4 Å². The summed E-state index contributed by atoms with van der Waals surface area (Å²) in [5.74, 6) is 0.722. The molecule has 0 aliphatic carbocycles. The first-order valence-electron chi connectivity index (χ1n) is 7.68. The quantitative estimate of drug-likeness (QED) is 0.637. The number of likely N-dealkylation sites (N-methyl/N-ethyl adjacent to an activating group) is 1. The van der Waals surface area contributed by atoms with Crippen molar-refractivity contribution in [2.24, 2.45) is 5.73 Å². The molecule has 1 unspecified atom stereocenters. The average molecular weight is 314 g/mol. The molecular formula is C16H22N6O. The maximum Gasteiger partial charge on any atom is 0.238 e. The molecule has 3 rings (SSSR count). The summed E-state index contributed by atoms with van der Waals surface area (Å²) in [6.45, 7) is 1.06. The maximum atomic E-state index is 12.3. The number of nitrogens with two attached hydrogens (primary N) is 1. The Balaban J connectivity index is 2.06. The van der Waals surface area contributed by atoms with Gasteiger partial charge in [0.15, 0.2) is 0 Å². The highest BCUT2D eigenvalue weighted by Crippen LogP contribution is 2.30. The molecule has 0 saturated heterocycles. The van der Waals surface area contributed by atoms with Crippen molar-refractivity contribution in [2.75, 3.05) is 37.8 Å². The summed E-state index contributed by atoms with van der Waals surface area (Å²) in [6, 6.07) is 5.66.